The van der Waals surface area contributed by atoms with Gasteiger partial charge in [0.25, 0.3) is 0 Å². The minimum absolute atomic E-state index is 0.203. The molecule has 1 N–H and O–H groups in total. The zero-order valence-electron chi connectivity index (χ0n) is 14.5. The average molecular weight is 394 g/mol. The van der Waals surface area contributed by atoms with Crippen LogP contribution in [0.1, 0.15) is 12.5 Å². The Morgan fingerprint density at radius 1 is 0.964 bits per heavy atom. The lowest BCUT2D eigenvalue weighted by molar-refractivity contribution is -0.144. The van der Waals surface area contributed by atoms with Crippen LogP contribution in [-0.4, -0.2) is 17.2 Å². The number of halogens is 4. The molecule has 0 fully saturated rings. The van der Waals surface area contributed by atoms with Crippen LogP contribution >= 0.6 is 0 Å². The number of hydrogen-bond donors (Lipinski definition) is 1. The van der Waals surface area contributed by atoms with Crippen molar-refractivity contribution >= 4 is 16.7 Å². The number of benzene rings is 3. The fraction of sp³-hybridized carbons (Fsp3) is 0.150. The van der Waals surface area contributed by atoms with Gasteiger partial charge in [-0.05, 0) is 60.2 Å². The Labute approximate surface area is 156 Å². The van der Waals surface area contributed by atoms with Crippen molar-refractivity contribution in [1.29, 1.82) is 0 Å². The lowest BCUT2D eigenvalue weighted by Gasteiger charge is -2.12. The predicted molar refractivity (Wildman–Crippen MR) is 93.1 cm³/mol. The van der Waals surface area contributed by atoms with Crippen molar-refractivity contribution in [2.45, 2.75) is 19.2 Å². The molecule has 0 spiro atoms. The number of carbonyl (C=O) groups is 1. The van der Waals surface area contributed by atoms with Crippen LogP contribution in [0.15, 0.2) is 54.6 Å². The maximum Gasteiger partial charge on any atom is 0.416 e. The Morgan fingerprint density at radius 2 is 1.61 bits per heavy atom. The van der Waals surface area contributed by atoms with Gasteiger partial charge in [-0.2, -0.15) is 13.2 Å². The third-order valence-corrected chi connectivity index (χ3v) is 3.93. The van der Waals surface area contributed by atoms with Crippen molar-refractivity contribution in [3.8, 4) is 17.2 Å². The molecule has 3 aromatic carbocycles. The molecule has 0 saturated carbocycles. The van der Waals surface area contributed by atoms with Crippen molar-refractivity contribution < 1.29 is 36.9 Å². The molecular weight excluding hydrogens is 380 g/mol. The minimum atomic E-state index is -4.65. The van der Waals surface area contributed by atoms with Gasteiger partial charge >= 0.3 is 12.1 Å². The molecule has 0 saturated heterocycles. The van der Waals surface area contributed by atoms with Crippen LogP contribution in [-0.2, 0) is 11.0 Å². The van der Waals surface area contributed by atoms with E-state index in [1.807, 2.05) is 0 Å². The summed E-state index contributed by atoms with van der Waals surface area (Å²) < 4.78 is 62.5. The largest absolute Gasteiger partial charge is 0.479 e. The fourth-order valence-electron chi connectivity index (χ4n) is 2.48. The van der Waals surface area contributed by atoms with E-state index in [2.05, 4.69) is 0 Å². The van der Waals surface area contributed by atoms with Crippen molar-refractivity contribution in [3.05, 3.63) is 66.0 Å². The Hall–Kier alpha value is -3.29. The topological polar surface area (TPSA) is 55.8 Å². The number of carboxylic acids is 1. The molecule has 0 aromatic heterocycles. The van der Waals surface area contributed by atoms with Gasteiger partial charge in [-0.15, -0.1) is 0 Å². The van der Waals surface area contributed by atoms with E-state index in [1.54, 1.807) is 36.4 Å². The van der Waals surface area contributed by atoms with Gasteiger partial charge in [0.2, 0.25) is 0 Å². The Kier molecular flexibility index (Phi) is 5.13. The molecule has 3 rings (SSSR count). The molecule has 146 valence electrons. The Balaban J connectivity index is 1.86. The number of aliphatic carboxylic acids is 1. The second kappa shape index (κ2) is 7.38. The Bertz CT molecular complexity index is 1030. The minimum Gasteiger partial charge on any atom is -0.479 e. The van der Waals surface area contributed by atoms with Crippen LogP contribution in [0.3, 0.4) is 0 Å². The summed E-state index contributed by atoms with van der Waals surface area (Å²) in [7, 11) is 0. The maximum absolute atomic E-state index is 14.0. The lowest BCUT2D eigenvalue weighted by Crippen LogP contribution is -2.22. The summed E-state index contributed by atoms with van der Waals surface area (Å²) in [5, 5.41) is 10.3. The molecule has 0 aliphatic heterocycles. The fourth-order valence-corrected chi connectivity index (χ4v) is 2.48. The molecule has 8 heteroatoms. The molecular formula is C20H14F4O4. The van der Waals surface area contributed by atoms with Crippen molar-refractivity contribution in [2.75, 3.05) is 0 Å². The molecule has 0 aliphatic rings. The highest BCUT2D eigenvalue weighted by Gasteiger charge is 2.31. The highest BCUT2D eigenvalue weighted by Crippen LogP contribution is 2.34. The molecule has 0 radical (unpaired) electrons. The van der Waals surface area contributed by atoms with E-state index in [0.29, 0.717) is 17.2 Å². The van der Waals surface area contributed by atoms with E-state index in [4.69, 9.17) is 14.6 Å². The summed E-state index contributed by atoms with van der Waals surface area (Å²) in [6.07, 6.45) is -5.69. The zero-order valence-corrected chi connectivity index (χ0v) is 14.5. The van der Waals surface area contributed by atoms with Crippen LogP contribution in [0.4, 0.5) is 17.6 Å². The summed E-state index contributed by atoms with van der Waals surface area (Å²) >= 11 is 0. The second-order valence-corrected chi connectivity index (χ2v) is 6.01. The van der Waals surface area contributed by atoms with Crippen molar-refractivity contribution in [3.63, 3.8) is 0 Å². The zero-order chi connectivity index (χ0) is 20.5. The van der Waals surface area contributed by atoms with Gasteiger partial charge < -0.3 is 14.6 Å². The van der Waals surface area contributed by atoms with Gasteiger partial charge in [0.1, 0.15) is 11.5 Å². The molecule has 0 aliphatic carbocycles. The van der Waals surface area contributed by atoms with Crippen LogP contribution in [0.25, 0.3) is 10.8 Å². The normalized spacial score (nSPS) is 12.6. The third kappa shape index (κ3) is 4.33. The number of hydrogen-bond acceptors (Lipinski definition) is 3. The summed E-state index contributed by atoms with van der Waals surface area (Å²) in [6, 6.07) is 11.7. The van der Waals surface area contributed by atoms with E-state index in [9.17, 15) is 22.4 Å². The van der Waals surface area contributed by atoms with Crippen LogP contribution in [0.5, 0.6) is 17.2 Å². The first kappa shape index (κ1) is 19.5. The smallest absolute Gasteiger partial charge is 0.416 e. The molecule has 0 bridgehead atoms. The van der Waals surface area contributed by atoms with E-state index in [1.165, 1.54) is 6.92 Å². The van der Waals surface area contributed by atoms with Crippen LogP contribution in [0, 0.1) is 5.82 Å². The lowest BCUT2D eigenvalue weighted by atomic mass is 10.1. The van der Waals surface area contributed by atoms with Crippen molar-refractivity contribution in [1.82, 2.24) is 0 Å². The van der Waals surface area contributed by atoms with Crippen LogP contribution in [0.2, 0.25) is 0 Å². The molecule has 1 atom stereocenters. The molecule has 3 aromatic rings. The average Bonchev–Trinajstić information content (AvgIpc) is 2.62. The van der Waals surface area contributed by atoms with E-state index in [0.717, 1.165) is 17.5 Å². The molecule has 1 unspecified atom stereocenters. The maximum atomic E-state index is 14.0. The number of ether oxygens (including phenoxy) is 2. The molecule has 28 heavy (non-hydrogen) atoms. The summed E-state index contributed by atoms with van der Waals surface area (Å²) in [5.41, 5.74) is -1.11. The first-order valence-corrected chi connectivity index (χ1v) is 8.11. The van der Waals surface area contributed by atoms with Gasteiger partial charge in [-0.3, -0.25) is 0 Å². The van der Waals surface area contributed by atoms with Crippen molar-refractivity contribution in [2.24, 2.45) is 0 Å². The standard InChI is InChI=1S/C20H14F4O4/c1-11(19(25)26)27-15-5-2-12-3-6-16(9-13(12)8-15)28-18-7-4-14(10-17(18)21)20(22,23)24/h2-11H,1H3,(H,25,26). The summed E-state index contributed by atoms with van der Waals surface area (Å²) in [4.78, 5) is 10.9. The van der Waals surface area contributed by atoms with E-state index < -0.39 is 29.6 Å². The number of rotatable bonds is 5. The molecule has 0 amide bonds. The highest BCUT2D eigenvalue weighted by atomic mass is 19.4. The number of alkyl halides is 3. The van der Waals surface area contributed by atoms with Gasteiger partial charge in [-0.25, -0.2) is 9.18 Å². The number of carboxylic acid groups (broad SMARTS) is 1. The van der Waals surface area contributed by atoms with E-state index in [-0.39, 0.29) is 11.5 Å². The molecule has 0 heterocycles. The third-order valence-electron chi connectivity index (χ3n) is 3.93. The van der Waals surface area contributed by atoms with E-state index >= 15 is 0 Å². The summed E-state index contributed by atoms with van der Waals surface area (Å²) in [5.74, 6) is -2.08. The quantitative estimate of drug-likeness (QED) is 0.569. The Morgan fingerprint density at radius 3 is 2.21 bits per heavy atom. The van der Waals surface area contributed by atoms with Gasteiger partial charge in [0.15, 0.2) is 17.7 Å². The first-order valence-electron chi connectivity index (χ1n) is 8.11. The second-order valence-electron chi connectivity index (χ2n) is 6.01. The van der Waals surface area contributed by atoms with Crippen LogP contribution < -0.4 is 9.47 Å². The molecule has 4 nitrogen and oxygen atoms in total. The highest BCUT2D eigenvalue weighted by molar-refractivity contribution is 5.85. The van der Waals surface area contributed by atoms with Gasteiger partial charge in [0, 0.05) is 0 Å². The SMILES string of the molecule is CC(Oc1ccc2ccc(Oc3ccc(C(F)(F)F)cc3F)cc2c1)C(=O)O. The van der Waals surface area contributed by atoms with Gasteiger partial charge in [-0.1, -0.05) is 12.1 Å². The number of fused-ring (bicyclic) bond motifs is 1. The predicted octanol–water partition coefficient (Wildman–Crippen LogP) is 5.64. The first-order chi connectivity index (χ1) is 13.1. The van der Waals surface area contributed by atoms with Gasteiger partial charge in [0.05, 0.1) is 5.56 Å². The monoisotopic (exact) mass is 394 g/mol. The summed E-state index contributed by atoms with van der Waals surface area (Å²) in [6.45, 7) is 1.39.